The Bertz CT molecular complexity index is 1040. The number of hydrogen-bond acceptors (Lipinski definition) is 8. The highest BCUT2D eigenvalue weighted by Crippen LogP contribution is 2.29. The van der Waals surface area contributed by atoms with Gasteiger partial charge in [0, 0.05) is 23.8 Å². The minimum atomic E-state index is -0.147. The van der Waals surface area contributed by atoms with E-state index in [1.165, 1.54) is 11.3 Å². The molecule has 0 atom stereocenters. The lowest BCUT2D eigenvalue weighted by molar-refractivity contribution is -0.116. The van der Waals surface area contributed by atoms with Crippen molar-refractivity contribution in [3.8, 4) is 17.1 Å². The lowest BCUT2D eigenvalue weighted by Crippen LogP contribution is -2.12. The molecule has 1 N–H and O–H groups in total. The first-order valence-corrected chi connectivity index (χ1v) is 9.57. The lowest BCUT2D eigenvalue weighted by Gasteiger charge is -1.98. The molecule has 0 spiro atoms. The molecule has 0 aliphatic rings. The maximum Gasteiger partial charge on any atom is 0.227 e. The van der Waals surface area contributed by atoms with Crippen molar-refractivity contribution in [1.29, 1.82) is 0 Å². The van der Waals surface area contributed by atoms with Crippen LogP contribution in [0.2, 0.25) is 0 Å². The zero-order valence-electron chi connectivity index (χ0n) is 13.8. The number of ether oxygens (including phenoxy) is 1. The van der Waals surface area contributed by atoms with Crippen LogP contribution in [0.3, 0.4) is 0 Å². The van der Waals surface area contributed by atoms with Gasteiger partial charge in [0.25, 0.3) is 0 Å². The summed E-state index contributed by atoms with van der Waals surface area (Å²) < 4.78 is 11.4. The number of methoxy groups -OCH3 is 1. The topological polar surface area (TPSA) is 90.1 Å². The average molecular weight is 386 g/mol. The van der Waals surface area contributed by atoms with Crippen LogP contribution in [0.1, 0.15) is 12.3 Å². The molecule has 0 bridgehead atoms. The molecule has 3 aromatic heterocycles. The van der Waals surface area contributed by atoms with Crippen LogP contribution in [-0.2, 0) is 11.2 Å². The van der Waals surface area contributed by atoms with Gasteiger partial charge in [-0.05, 0) is 29.6 Å². The number of thiophene rings is 1. The van der Waals surface area contributed by atoms with Crippen LogP contribution in [0.25, 0.3) is 21.6 Å². The standard InChI is InChI=1S/C17H14N4O3S2/c1-23-11-2-3-12-13(8-11)26-17(18-12)19-14(22)4-5-15-20-16(21-24-15)10-6-7-25-9-10/h2-3,6-9H,4-5H2,1H3,(H,18,19,22). The van der Waals surface area contributed by atoms with Crippen molar-refractivity contribution in [2.45, 2.75) is 12.8 Å². The second kappa shape index (κ2) is 7.22. The highest BCUT2D eigenvalue weighted by Gasteiger charge is 2.13. The molecule has 3 heterocycles. The molecule has 1 amide bonds. The zero-order valence-corrected chi connectivity index (χ0v) is 15.4. The van der Waals surface area contributed by atoms with Crippen LogP contribution < -0.4 is 10.1 Å². The molecule has 0 radical (unpaired) electrons. The van der Waals surface area contributed by atoms with Crippen molar-refractivity contribution in [1.82, 2.24) is 15.1 Å². The monoisotopic (exact) mass is 386 g/mol. The molecule has 132 valence electrons. The van der Waals surface area contributed by atoms with E-state index in [-0.39, 0.29) is 12.3 Å². The summed E-state index contributed by atoms with van der Waals surface area (Å²) in [5.41, 5.74) is 1.74. The molecule has 0 saturated carbocycles. The summed E-state index contributed by atoms with van der Waals surface area (Å²) in [6.45, 7) is 0. The molecule has 26 heavy (non-hydrogen) atoms. The van der Waals surface area contributed by atoms with E-state index in [1.807, 2.05) is 35.0 Å². The average Bonchev–Trinajstić information content (AvgIpc) is 3.38. The fraction of sp³-hybridized carbons (Fsp3) is 0.176. The van der Waals surface area contributed by atoms with E-state index < -0.39 is 0 Å². The van der Waals surface area contributed by atoms with E-state index in [0.29, 0.717) is 23.3 Å². The van der Waals surface area contributed by atoms with Gasteiger partial charge in [0.2, 0.25) is 17.6 Å². The van der Waals surface area contributed by atoms with Crippen molar-refractivity contribution < 1.29 is 14.1 Å². The van der Waals surface area contributed by atoms with Gasteiger partial charge in [-0.15, -0.1) is 0 Å². The minimum Gasteiger partial charge on any atom is -0.497 e. The van der Waals surface area contributed by atoms with Gasteiger partial charge in [-0.25, -0.2) is 4.98 Å². The van der Waals surface area contributed by atoms with E-state index in [0.717, 1.165) is 21.5 Å². The molecule has 4 rings (SSSR count). The molecule has 1 aromatic carbocycles. The van der Waals surface area contributed by atoms with Gasteiger partial charge in [0.15, 0.2) is 5.13 Å². The first kappa shape index (κ1) is 16.7. The second-order valence-electron chi connectivity index (χ2n) is 5.42. The SMILES string of the molecule is COc1ccc2nc(NC(=O)CCc3nc(-c4ccsc4)no3)sc2c1. The first-order chi connectivity index (χ1) is 12.7. The van der Waals surface area contributed by atoms with Gasteiger partial charge < -0.3 is 14.6 Å². The normalized spacial score (nSPS) is 11.0. The van der Waals surface area contributed by atoms with Gasteiger partial charge in [-0.3, -0.25) is 4.79 Å². The van der Waals surface area contributed by atoms with Crippen LogP contribution in [0, 0.1) is 0 Å². The third kappa shape index (κ3) is 3.58. The molecule has 4 aromatic rings. The van der Waals surface area contributed by atoms with E-state index in [1.54, 1.807) is 18.4 Å². The number of aryl methyl sites for hydroxylation is 1. The molecular formula is C17H14N4O3S2. The van der Waals surface area contributed by atoms with Gasteiger partial charge in [-0.1, -0.05) is 16.5 Å². The summed E-state index contributed by atoms with van der Waals surface area (Å²) in [7, 11) is 1.62. The molecule has 0 saturated heterocycles. The Labute approximate surface area is 156 Å². The summed E-state index contributed by atoms with van der Waals surface area (Å²) in [6.07, 6.45) is 0.617. The minimum absolute atomic E-state index is 0.147. The predicted octanol–water partition coefficient (Wildman–Crippen LogP) is 3.99. The number of thiazole rings is 1. The molecule has 0 aliphatic carbocycles. The van der Waals surface area contributed by atoms with Gasteiger partial charge >= 0.3 is 0 Å². The maximum absolute atomic E-state index is 12.2. The second-order valence-corrected chi connectivity index (χ2v) is 7.24. The largest absolute Gasteiger partial charge is 0.497 e. The fourth-order valence-electron chi connectivity index (χ4n) is 2.35. The fourth-order valence-corrected chi connectivity index (χ4v) is 3.90. The van der Waals surface area contributed by atoms with Crippen molar-refractivity contribution in [2.24, 2.45) is 0 Å². The van der Waals surface area contributed by atoms with Gasteiger partial charge in [0.05, 0.1) is 17.3 Å². The number of anilines is 1. The Morgan fingerprint density at radius 1 is 1.31 bits per heavy atom. The number of aromatic nitrogens is 3. The predicted molar refractivity (Wildman–Crippen MR) is 101 cm³/mol. The summed E-state index contributed by atoms with van der Waals surface area (Å²) >= 11 is 2.97. The molecule has 7 nitrogen and oxygen atoms in total. The van der Waals surface area contributed by atoms with Crippen LogP contribution in [-0.4, -0.2) is 28.1 Å². The number of fused-ring (bicyclic) bond motifs is 1. The zero-order chi connectivity index (χ0) is 17.9. The number of amides is 1. The van der Waals surface area contributed by atoms with Crippen LogP contribution in [0.15, 0.2) is 39.5 Å². The molecule has 0 unspecified atom stereocenters. The maximum atomic E-state index is 12.2. The third-order valence-corrected chi connectivity index (χ3v) is 5.27. The van der Waals surface area contributed by atoms with Crippen LogP contribution in [0.4, 0.5) is 5.13 Å². The molecule has 9 heteroatoms. The number of rotatable bonds is 6. The first-order valence-electron chi connectivity index (χ1n) is 7.81. The third-order valence-electron chi connectivity index (χ3n) is 3.66. The molecule has 0 fully saturated rings. The summed E-state index contributed by atoms with van der Waals surface area (Å²) in [5.74, 6) is 1.60. The van der Waals surface area contributed by atoms with Crippen molar-refractivity contribution in [3.05, 3.63) is 40.9 Å². The Hall–Kier alpha value is -2.78. The van der Waals surface area contributed by atoms with Crippen LogP contribution >= 0.6 is 22.7 Å². The molecular weight excluding hydrogens is 372 g/mol. The van der Waals surface area contributed by atoms with E-state index in [4.69, 9.17) is 9.26 Å². The quantitative estimate of drug-likeness (QED) is 0.539. The highest BCUT2D eigenvalue weighted by molar-refractivity contribution is 7.22. The van der Waals surface area contributed by atoms with E-state index in [2.05, 4.69) is 20.4 Å². The number of nitrogens with one attached hydrogen (secondary N) is 1. The number of benzene rings is 1. The summed E-state index contributed by atoms with van der Waals surface area (Å²) in [4.78, 5) is 20.9. The number of carbonyl (C=O) groups is 1. The van der Waals surface area contributed by atoms with Crippen LogP contribution in [0.5, 0.6) is 5.75 Å². The van der Waals surface area contributed by atoms with Gasteiger partial charge in [0.1, 0.15) is 5.75 Å². The number of nitrogens with zero attached hydrogens (tertiary/aromatic N) is 3. The Morgan fingerprint density at radius 2 is 2.23 bits per heavy atom. The molecule has 0 aliphatic heterocycles. The van der Waals surface area contributed by atoms with Crippen molar-refractivity contribution in [2.75, 3.05) is 12.4 Å². The Kier molecular flexibility index (Phi) is 4.63. The Morgan fingerprint density at radius 3 is 3.04 bits per heavy atom. The van der Waals surface area contributed by atoms with Crippen molar-refractivity contribution >= 4 is 43.9 Å². The number of carbonyl (C=O) groups excluding carboxylic acids is 1. The van der Waals surface area contributed by atoms with Crippen molar-refractivity contribution in [3.63, 3.8) is 0 Å². The van der Waals surface area contributed by atoms with Gasteiger partial charge in [-0.2, -0.15) is 16.3 Å². The summed E-state index contributed by atoms with van der Waals surface area (Å²) in [6, 6.07) is 7.53. The van der Waals surface area contributed by atoms with E-state index >= 15 is 0 Å². The van der Waals surface area contributed by atoms with E-state index in [9.17, 15) is 4.79 Å². The summed E-state index contributed by atoms with van der Waals surface area (Å²) in [5, 5.41) is 11.2. The lowest BCUT2D eigenvalue weighted by atomic mass is 10.3. The Balaban J connectivity index is 1.37. The number of hydrogen-bond donors (Lipinski definition) is 1. The smallest absolute Gasteiger partial charge is 0.227 e. The highest BCUT2D eigenvalue weighted by atomic mass is 32.1.